The summed E-state index contributed by atoms with van der Waals surface area (Å²) in [5, 5.41) is 2.55. The Morgan fingerprint density at radius 3 is 2.67 bits per heavy atom. The first kappa shape index (κ1) is 16.3. The van der Waals surface area contributed by atoms with Gasteiger partial charge < -0.3 is 10.2 Å². The summed E-state index contributed by atoms with van der Waals surface area (Å²) in [6.07, 6.45) is -2.26. The van der Waals surface area contributed by atoms with E-state index >= 15 is 0 Å². The van der Waals surface area contributed by atoms with Gasteiger partial charge in [-0.25, -0.2) is 0 Å². The molecule has 0 bridgehead atoms. The highest BCUT2D eigenvalue weighted by molar-refractivity contribution is 9.10. The van der Waals surface area contributed by atoms with Crippen LogP contribution in [0, 0.1) is 0 Å². The van der Waals surface area contributed by atoms with Gasteiger partial charge in [0.1, 0.15) is 0 Å². The van der Waals surface area contributed by atoms with Crippen LogP contribution in [0.25, 0.3) is 0 Å². The molecule has 0 saturated heterocycles. The molecule has 1 saturated carbocycles. The molecule has 0 atom stereocenters. The van der Waals surface area contributed by atoms with E-state index in [1.165, 1.54) is 12.1 Å². The molecule has 1 N–H and O–H groups in total. The van der Waals surface area contributed by atoms with E-state index in [1.807, 2.05) is 7.05 Å². The van der Waals surface area contributed by atoms with Gasteiger partial charge in [-0.15, -0.1) is 0 Å². The molecule has 0 unspecified atom stereocenters. The van der Waals surface area contributed by atoms with E-state index in [4.69, 9.17) is 0 Å². The molecule has 1 fully saturated rings. The molecular formula is C14H16BrF3N2O. The molecule has 2 rings (SSSR count). The number of carbonyl (C=O) groups is 1. The summed E-state index contributed by atoms with van der Waals surface area (Å²) in [5.41, 5.74) is -1.27. The maximum atomic E-state index is 12.9. The van der Waals surface area contributed by atoms with E-state index < -0.39 is 17.6 Å². The first-order valence-corrected chi connectivity index (χ1v) is 7.43. The van der Waals surface area contributed by atoms with Gasteiger partial charge >= 0.3 is 6.18 Å². The molecule has 1 aromatic carbocycles. The predicted octanol–water partition coefficient (Wildman–Crippen LogP) is 3.29. The average molecular weight is 365 g/mol. The zero-order chi connectivity index (χ0) is 15.6. The fourth-order valence-electron chi connectivity index (χ4n) is 2.09. The third-order valence-electron chi connectivity index (χ3n) is 3.45. The Morgan fingerprint density at radius 1 is 1.43 bits per heavy atom. The van der Waals surface area contributed by atoms with Gasteiger partial charge in [-0.05, 0) is 38.1 Å². The van der Waals surface area contributed by atoms with Crippen molar-refractivity contribution in [3.8, 4) is 0 Å². The lowest BCUT2D eigenvalue weighted by Gasteiger charge is -2.17. The molecule has 7 heteroatoms. The number of hydrogen-bond donors (Lipinski definition) is 1. The minimum Gasteiger partial charge on any atom is -0.351 e. The van der Waals surface area contributed by atoms with Gasteiger partial charge in [0, 0.05) is 23.6 Å². The Labute approximate surface area is 129 Å². The highest BCUT2D eigenvalue weighted by Crippen LogP contribution is 2.33. The molecule has 0 spiro atoms. The lowest BCUT2D eigenvalue weighted by atomic mass is 10.1. The summed E-state index contributed by atoms with van der Waals surface area (Å²) in [7, 11) is 1.95. The molecule has 1 amide bonds. The van der Waals surface area contributed by atoms with Gasteiger partial charge in [0.05, 0.1) is 11.1 Å². The molecule has 0 radical (unpaired) electrons. The van der Waals surface area contributed by atoms with Crippen molar-refractivity contribution in [3.05, 3.63) is 33.8 Å². The fraction of sp³-hybridized carbons (Fsp3) is 0.500. The van der Waals surface area contributed by atoms with Crippen LogP contribution in [0.15, 0.2) is 22.7 Å². The highest BCUT2D eigenvalue weighted by atomic mass is 79.9. The molecule has 21 heavy (non-hydrogen) atoms. The Hall–Kier alpha value is -1.08. The number of carbonyl (C=O) groups excluding carboxylic acids is 1. The number of nitrogens with zero attached hydrogens (tertiary/aromatic N) is 1. The Balaban J connectivity index is 2.01. The van der Waals surface area contributed by atoms with Crippen LogP contribution in [0.1, 0.15) is 28.8 Å². The van der Waals surface area contributed by atoms with Gasteiger partial charge in [-0.1, -0.05) is 15.9 Å². The maximum Gasteiger partial charge on any atom is 0.417 e. The number of benzene rings is 1. The van der Waals surface area contributed by atoms with Crippen LogP contribution in [0.5, 0.6) is 0 Å². The number of alkyl halides is 3. The Kier molecular flexibility index (Phi) is 4.93. The quantitative estimate of drug-likeness (QED) is 0.869. The van der Waals surface area contributed by atoms with Gasteiger partial charge in [-0.3, -0.25) is 4.79 Å². The lowest BCUT2D eigenvalue weighted by molar-refractivity contribution is -0.138. The van der Waals surface area contributed by atoms with E-state index in [1.54, 1.807) is 0 Å². The first-order valence-electron chi connectivity index (χ1n) is 6.64. The molecule has 0 heterocycles. The second-order valence-electron chi connectivity index (χ2n) is 5.16. The Morgan fingerprint density at radius 2 is 2.10 bits per heavy atom. The topological polar surface area (TPSA) is 32.3 Å². The van der Waals surface area contributed by atoms with Crippen molar-refractivity contribution in [1.82, 2.24) is 10.2 Å². The van der Waals surface area contributed by atoms with Crippen LogP contribution >= 0.6 is 15.9 Å². The van der Waals surface area contributed by atoms with E-state index in [2.05, 4.69) is 26.1 Å². The summed E-state index contributed by atoms with van der Waals surface area (Å²) < 4.78 is 39.1. The normalized spacial score (nSPS) is 15.3. The number of amides is 1. The summed E-state index contributed by atoms with van der Waals surface area (Å²) >= 11 is 2.99. The molecule has 1 aliphatic carbocycles. The molecule has 0 aliphatic heterocycles. The van der Waals surface area contributed by atoms with E-state index in [9.17, 15) is 18.0 Å². The number of likely N-dealkylation sites (N-methyl/N-ethyl adjacent to an activating group) is 1. The third-order valence-corrected chi connectivity index (χ3v) is 3.95. The molecule has 0 aromatic heterocycles. The number of rotatable bonds is 5. The van der Waals surface area contributed by atoms with E-state index in [-0.39, 0.29) is 5.56 Å². The molecule has 3 nitrogen and oxygen atoms in total. The largest absolute Gasteiger partial charge is 0.417 e. The van der Waals surface area contributed by atoms with E-state index in [0.717, 1.165) is 18.9 Å². The average Bonchev–Trinajstić information content (AvgIpc) is 3.21. The van der Waals surface area contributed by atoms with Crippen LogP contribution in [0.3, 0.4) is 0 Å². The van der Waals surface area contributed by atoms with Crippen molar-refractivity contribution in [3.63, 3.8) is 0 Å². The minimum absolute atomic E-state index is 0.292. The minimum atomic E-state index is -4.55. The van der Waals surface area contributed by atoms with E-state index in [0.29, 0.717) is 23.6 Å². The van der Waals surface area contributed by atoms with Crippen molar-refractivity contribution in [2.45, 2.75) is 25.1 Å². The lowest BCUT2D eigenvalue weighted by Crippen LogP contribution is -2.34. The van der Waals surface area contributed by atoms with Gasteiger partial charge in [-0.2, -0.15) is 13.2 Å². The van der Waals surface area contributed by atoms with Crippen LogP contribution in [-0.4, -0.2) is 37.0 Å². The summed E-state index contributed by atoms with van der Waals surface area (Å²) in [6, 6.07) is 4.10. The second-order valence-corrected chi connectivity index (χ2v) is 6.07. The van der Waals surface area contributed by atoms with Gasteiger partial charge in [0.15, 0.2) is 0 Å². The highest BCUT2D eigenvalue weighted by Gasteiger charge is 2.35. The summed E-state index contributed by atoms with van der Waals surface area (Å²) in [5.74, 6) is -0.695. The van der Waals surface area contributed by atoms with Gasteiger partial charge in [0.25, 0.3) is 5.91 Å². The number of hydrogen-bond acceptors (Lipinski definition) is 2. The molecule has 116 valence electrons. The monoisotopic (exact) mass is 364 g/mol. The van der Waals surface area contributed by atoms with Crippen molar-refractivity contribution in [2.75, 3.05) is 20.1 Å². The maximum absolute atomic E-state index is 12.9. The Bertz CT molecular complexity index is 529. The fourth-order valence-corrected chi connectivity index (χ4v) is 2.45. The summed E-state index contributed by atoms with van der Waals surface area (Å²) in [4.78, 5) is 14.0. The predicted molar refractivity (Wildman–Crippen MR) is 77.1 cm³/mol. The number of nitrogens with one attached hydrogen (secondary N) is 1. The third kappa shape index (κ3) is 4.44. The zero-order valence-electron chi connectivity index (χ0n) is 11.5. The first-order chi connectivity index (χ1) is 9.79. The van der Waals surface area contributed by atoms with Crippen molar-refractivity contribution in [2.24, 2.45) is 0 Å². The van der Waals surface area contributed by atoms with Gasteiger partial charge in [0.2, 0.25) is 0 Å². The van der Waals surface area contributed by atoms with Crippen molar-refractivity contribution >= 4 is 21.8 Å². The number of halogens is 4. The standard InChI is InChI=1S/C14H16BrF3N2O/c1-20(10-3-4-10)7-6-19-13(21)11-5-2-9(15)8-12(11)14(16,17)18/h2,5,8,10H,3-4,6-7H2,1H3,(H,19,21). The van der Waals surface area contributed by atoms with Crippen molar-refractivity contribution < 1.29 is 18.0 Å². The van der Waals surface area contributed by atoms with Crippen LogP contribution in [0.2, 0.25) is 0 Å². The summed E-state index contributed by atoms with van der Waals surface area (Å²) in [6.45, 7) is 0.966. The molecular weight excluding hydrogens is 349 g/mol. The smallest absolute Gasteiger partial charge is 0.351 e. The van der Waals surface area contributed by atoms with Crippen LogP contribution in [0.4, 0.5) is 13.2 Å². The van der Waals surface area contributed by atoms with Crippen molar-refractivity contribution in [1.29, 1.82) is 0 Å². The molecule has 1 aromatic rings. The SMILES string of the molecule is CN(CCNC(=O)c1ccc(Br)cc1C(F)(F)F)C1CC1. The van der Waals surface area contributed by atoms with Crippen LogP contribution < -0.4 is 5.32 Å². The van der Waals surface area contributed by atoms with Crippen LogP contribution in [-0.2, 0) is 6.18 Å². The second kappa shape index (κ2) is 6.36. The molecule has 1 aliphatic rings. The zero-order valence-corrected chi connectivity index (χ0v) is 13.1.